The van der Waals surface area contributed by atoms with Crippen molar-refractivity contribution in [3.05, 3.63) is 36.0 Å². The SMILES string of the molecule is COc1cccc(N2CCN(c3cc(C4CCOC4)nc(N)n3)CC2)c1. The molecule has 7 heteroatoms. The molecule has 26 heavy (non-hydrogen) atoms. The van der Waals surface area contributed by atoms with E-state index in [4.69, 9.17) is 15.2 Å². The van der Waals surface area contributed by atoms with Gasteiger partial charge in [-0.2, -0.15) is 4.98 Å². The van der Waals surface area contributed by atoms with Crippen LogP contribution in [0.2, 0.25) is 0 Å². The fourth-order valence-electron chi connectivity index (χ4n) is 3.61. The number of anilines is 3. The molecule has 2 N–H and O–H groups in total. The number of hydrogen-bond donors (Lipinski definition) is 1. The fourth-order valence-corrected chi connectivity index (χ4v) is 3.61. The van der Waals surface area contributed by atoms with E-state index in [2.05, 4.69) is 38.0 Å². The van der Waals surface area contributed by atoms with Gasteiger partial charge in [-0.25, -0.2) is 4.98 Å². The van der Waals surface area contributed by atoms with Gasteiger partial charge in [-0.05, 0) is 18.6 Å². The van der Waals surface area contributed by atoms with Crippen LogP contribution in [0.15, 0.2) is 30.3 Å². The number of benzene rings is 1. The lowest BCUT2D eigenvalue weighted by Gasteiger charge is -2.37. The van der Waals surface area contributed by atoms with Gasteiger partial charge in [0.1, 0.15) is 11.6 Å². The van der Waals surface area contributed by atoms with Gasteiger partial charge in [-0.15, -0.1) is 0 Å². The first-order valence-electron chi connectivity index (χ1n) is 9.09. The van der Waals surface area contributed by atoms with Crippen LogP contribution in [0.1, 0.15) is 18.0 Å². The molecule has 0 saturated carbocycles. The maximum Gasteiger partial charge on any atom is 0.222 e. The molecular weight excluding hydrogens is 330 g/mol. The monoisotopic (exact) mass is 355 g/mol. The minimum Gasteiger partial charge on any atom is -0.497 e. The Morgan fingerprint density at radius 1 is 1.12 bits per heavy atom. The van der Waals surface area contributed by atoms with Crippen LogP contribution in [-0.2, 0) is 4.74 Å². The van der Waals surface area contributed by atoms with Gasteiger partial charge in [0.2, 0.25) is 5.95 Å². The van der Waals surface area contributed by atoms with Gasteiger partial charge < -0.3 is 25.0 Å². The van der Waals surface area contributed by atoms with Crippen molar-refractivity contribution in [2.75, 3.05) is 62.0 Å². The third kappa shape index (κ3) is 3.53. The van der Waals surface area contributed by atoms with Crippen molar-refractivity contribution in [2.24, 2.45) is 0 Å². The van der Waals surface area contributed by atoms with Gasteiger partial charge in [-0.3, -0.25) is 0 Å². The molecule has 3 heterocycles. The van der Waals surface area contributed by atoms with Gasteiger partial charge in [-0.1, -0.05) is 6.07 Å². The second-order valence-electron chi connectivity index (χ2n) is 6.75. The second kappa shape index (κ2) is 7.37. The van der Waals surface area contributed by atoms with E-state index in [1.165, 1.54) is 5.69 Å². The van der Waals surface area contributed by atoms with Crippen molar-refractivity contribution >= 4 is 17.5 Å². The van der Waals surface area contributed by atoms with E-state index in [0.717, 1.165) is 63.1 Å². The van der Waals surface area contributed by atoms with E-state index in [-0.39, 0.29) is 0 Å². The van der Waals surface area contributed by atoms with Crippen LogP contribution in [0, 0.1) is 0 Å². The maximum absolute atomic E-state index is 5.97. The summed E-state index contributed by atoms with van der Waals surface area (Å²) in [6, 6.07) is 10.3. The zero-order valence-corrected chi connectivity index (χ0v) is 15.1. The van der Waals surface area contributed by atoms with E-state index < -0.39 is 0 Å². The number of methoxy groups -OCH3 is 1. The molecule has 0 spiro atoms. The molecule has 2 fully saturated rings. The van der Waals surface area contributed by atoms with Crippen LogP contribution in [0.3, 0.4) is 0 Å². The highest BCUT2D eigenvalue weighted by molar-refractivity contribution is 5.53. The predicted molar refractivity (Wildman–Crippen MR) is 102 cm³/mol. The number of nitrogens with zero attached hydrogens (tertiary/aromatic N) is 4. The fraction of sp³-hybridized carbons (Fsp3) is 0.474. The van der Waals surface area contributed by atoms with Crippen LogP contribution >= 0.6 is 0 Å². The molecule has 2 aliphatic rings. The summed E-state index contributed by atoms with van der Waals surface area (Å²) in [5.41, 5.74) is 8.16. The summed E-state index contributed by atoms with van der Waals surface area (Å²) in [5.74, 6) is 2.48. The van der Waals surface area contributed by atoms with Crippen LogP contribution in [0.4, 0.5) is 17.5 Å². The molecule has 2 saturated heterocycles. The molecule has 4 rings (SSSR count). The molecule has 0 aliphatic carbocycles. The zero-order valence-electron chi connectivity index (χ0n) is 15.1. The van der Waals surface area contributed by atoms with E-state index in [0.29, 0.717) is 11.9 Å². The summed E-state index contributed by atoms with van der Waals surface area (Å²) in [6.07, 6.45) is 1.000. The third-order valence-electron chi connectivity index (χ3n) is 5.12. The van der Waals surface area contributed by atoms with Crippen molar-refractivity contribution in [3.63, 3.8) is 0 Å². The van der Waals surface area contributed by atoms with Crippen molar-refractivity contribution in [2.45, 2.75) is 12.3 Å². The Morgan fingerprint density at radius 3 is 2.65 bits per heavy atom. The first-order valence-corrected chi connectivity index (χ1v) is 9.09. The second-order valence-corrected chi connectivity index (χ2v) is 6.75. The normalized spacial score (nSPS) is 20.4. The first-order chi connectivity index (χ1) is 12.7. The Balaban J connectivity index is 1.46. The van der Waals surface area contributed by atoms with Crippen molar-refractivity contribution in [1.82, 2.24) is 9.97 Å². The van der Waals surface area contributed by atoms with Gasteiger partial charge in [0, 0.05) is 56.5 Å². The minimum atomic E-state index is 0.331. The number of nitrogens with two attached hydrogens (primary N) is 1. The Kier molecular flexibility index (Phi) is 4.79. The lowest BCUT2D eigenvalue weighted by molar-refractivity contribution is 0.193. The van der Waals surface area contributed by atoms with Crippen molar-refractivity contribution in [1.29, 1.82) is 0 Å². The van der Waals surface area contributed by atoms with Crippen LogP contribution in [-0.4, -0.2) is 56.5 Å². The highest BCUT2D eigenvalue weighted by Gasteiger charge is 2.23. The number of ether oxygens (including phenoxy) is 2. The summed E-state index contributed by atoms with van der Waals surface area (Å²) in [5, 5.41) is 0. The van der Waals surface area contributed by atoms with Gasteiger partial charge in [0.15, 0.2) is 0 Å². The minimum absolute atomic E-state index is 0.331. The smallest absolute Gasteiger partial charge is 0.222 e. The van der Waals surface area contributed by atoms with Gasteiger partial charge >= 0.3 is 0 Å². The van der Waals surface area contributed by atoms with E-state index >= 15 is 0 Å². The molecule has 138 valence electrons. The molecule has 7 nitrogen and oxygen atoms in total. The molecule has 1 aromatic carbocycles. The summed E-state index contributed by atoms with van der Waals surface area (Å²) < 4.78 is 10.8. The molecule has 1 aromatic heterocycles. The topological polar surface area (TPSA) is 76.7 Å². The number of rotatable bonds is 4. The highest BCUT2D eigenvalue weighted by atomic mass is 16.5. The van der Waals surface area contributed by atoms with Gasteiger partial charge in [0.25, 0.3) is 0 Å². The zero-order chi connectivity index (χ0) is 17.9. The Labute approximate surface area is 153 Å². The Morgan fingerprint density at radius 2 is 1.92 bits per heavy atom. The lowest BCUT2D eigenvalue weighted by Crippen LogP contribution is -2.47. The van der Waals surface area contributed by atoms with E-state index in [1.807, 2.05) is 12.1 Å². The highest BCUT2D eigenvalue weighted by Crippen LogP contribution is 2.28. The summed E-state index contributed by atoms with van der Waals surface area (Å²) in [7, 11) is 1.70. The van der Waals surface area contributed by atoms with Crippen molar-refractivity contribution in [3.8, 4) is 5.75 Å². The average molecular weight is 355 g/mol. The molecular formula is C19H25N5O2. The molecule has 0 amide bonds. The third-order valence-corrected chi connectivity index (χ3v) is 5.12. The largest absolute Gasteiger partial charge is 0.497 e. The van der Waals surface area contributed by atoms with Crippen LogP contribution in [0.25, 0.3) is 0 Å². The molecule has 0 radical (unpaired) electrons. The summed E-state index contributed by atoms with van der Waals surface area (Å²) >= 11 is 0. The van der Waals surface area contributed by atoms with Gasteiger partial charge in [0.05, 0.1) is 19.4 Å². The van der Waals surface area contributed by atoms with Crippen molar-refractivity contribution < 1.29 is 9.47 Å². The molecule has 1 atom stereocenters. The number of aromatic nitrogens is 2. The molecule has 1 unspecified atom stereocenters. The molecule has 2 aromatic rings. The summed E-state index contributed by atoms with van der Waals surface area (Å²) in [6.45, 7) is 5.17. The molecule has 2 aliphatic heterocycles. The number of nitrogen functional groups attached to an aromatic ring is 1. The van der Waals surface area contributed by atoms with Crippen LogP contribution in [0.5, 0.6) is 5.75 Å². The average Bonchev–Trinajstić information content (AvgIpc) is 3.23. The number of piperazine rings is 1. The first kappa shape index (κ1) is 16.9. The van der Waals surface area contributed by atoms with E-state index in [9.17, 15) is 0 Å². The summed E-state index contributed by atoms with van der Waals surface area (Å²) in [4.78, 5) is 13.6. The lowest BCUT2D eigenvalue weighted by atomic mass is 10.0. The number of hydrogen-bond acceptors (Lipinski definition) is 7. The van der Waals surface area contributed by atoms with E-state index in [1.54, 1.807) is 7.11 Å². The maximum atomic E-state index is 5.97. The van der Waals surface area contributed by atoms with Crippen LogP contribution < -0.4 is 20.3 Å². The molecule has 0 bridgehead atoms. The Bertz CT molecular complexity index is 755. The Hall–Kier alpha value is -2.54. The predicted octanol–water partition coefficient (Wildman–Crippen LogP) is 1.90. The quantitative estimate of drug-likeness (QED) is 0.897. The standard InChI is InChI=1S/C19H25N5O2/c1-25-16-4-2-3-15(11-16)23-6-8-24(9-7-23)18-12-17(21-19(20)22-18)14-5-10-26-13-14/h2-4,11-12,14H,5-10,13H2,1H3,(H2,20,21,22).